The number of hydrogen-bond acceptors (Lipinski definition) is 7. The molecule has 126 valence electrons. The first-order chi connectivity index (χ1) is 11.1. The zero-order chi connectivity index (χ0) is 18.1. The van der Waals surface area contributed by atoms with Crippen LogP contribution in [0.4, 0.5) is 11.4 Å². The summed E-state index contributed by atoms with van der Waals surface area (Å²) < 4.78 is 29.3. The first kappa shape index (κ1) is 17.6. The zero-order valence-corrected chi connectivity index (χ0v) is 13.6. The molecule has 0 N–H and O–H groups in total. The molecule has 2 rings (SSSR count). The molecule has 11 heteroatoms. The normalized spacial score (nSPS) is 11.1. The fourth-order valence-corrected chi connectivity index (χ4v) is 3.05. The van der Waals surface area contributed by atoms with Crippen LogP contribution in [-0.2, 0) is 10.1 Å². The Balaban J connectivity index is 2.46. The number of rotatable bonds is 5. The minimum atomic E-state index is -4.46. The summed E-state index contributed by atoms with van der Waals surface area (Å²) in [4.78, 5) is 19.6. The Bertz CT molecular complexity index is 943. The van der Waals surface area contributed by atoms with Crippen LogP contribution >= 0.6 is 11.6 Å². The lowest BCUT2D eigenvalue weighted by Crippen LogP contribution is -2.11. The molecule has 0 radical (unpaired) electrons. The number of benzene rings is 2. The van der Waals surface area contributed by atoms with Crippen molar-refractivity contribution in [3.05, 3.63) is 67.2 Å². The van der Waals surface area contributed by atoms with Crippen LogP contribution in [0.5, 0.6) is 5.75 Å². The maximum Gasteiger partial charge on any atom is 0.339 e. The van der Waals surface area contributed by atoms with Crippen molar-refractivity contribution in [3.8, 4) is 5.75 Å². The van der Waals surface area contributed by atoms with E-state index in [-0.39, 0.29) is 22.0 Å². The van der Waals surface area contributed by atoms with Gasteiger partial charge in [-0.25, -0.2) is 0 Å². The van der Waals surface area contributed by atoms with E-state index in [1.165, 1.54) is 19.1 Å². The molecule has 0 saturated carbocycles. The van der Waals surface area contributed by atoms with Crippen molar-refractivity contribution in [1.29, 1.82) is 0 Å². The Labute approximate surface area is 140 Å². The highest BCUT2D eigenvalue weighted by Crippen LogP contribution is 2.31. The van der Waals surface area contributed by atoms with Gasteiger partial charge >= 0.3 is 10.1 Å². The van der Waals surface area contributed by atoms with Crippen LogP contribution in [0.15, 0.2) is 41.3 Å². The maximum absolute atomic E-state index is 12.2. The van der Waals surface area contributed by atoms with E-state index in [2.05, 4.69) is 0 Å². The van der Waals surface area contributed by atoms with Crippen molar-refractivity contribution >= 4 is 33.1 Å². The van der Waals surface area contributed by atoms with Gasteiger partial charge in [-0.3, -0.25) is 20.2 Å². The van der Waals surface area contributed by atoms with E-state index in [1.54, 1.807) is 0 Å². The third-order valence-corrected chi connectivity index (χ3v) is 4.63. The molecular formula is C13H9ClN2O7S. The Morgan fingerprint density at radius 1 is 1.08 bits per heavy atom. The number of non-ortho nitro benzene ring substituents is 1. The first-order valence-electron chi connectivity index (χ1n) is 6.25. The molecule has 0 saturated heterocycles. The second-order valence-corrected chi connectivity index (χ2v) is 6.55. The lowest BCUT2D eigenvalue weighted by molar-refractivity contribution is -0.385. The van der Waals surface area contributed by atoms with Gasteiger partial charge in [0, 0.05) is 17.7 Å². The molecule has 9 nitrogen and oxygen atoms in total. The van der Waals surface area contributed by atoms with Crippen LogP contribution in [0.25, 0.3) is 0 Å². The highest BCUT2D eigenvalue weighted by Gasteiger charge is 2.24. The molecule has 0 heterocycles. The van der Waals surface area contributed by atoms with Crippen LogP contribution < -0.4 is 4.18 Å². The van der Waals surface area contributed by atoms with Crippen molar-refractivity contribution in [3.63, 3.8) is 0 Å². The highest BCUT2D eigenvalue weighted by atomic mass is 35.5. The van der Waals surface area contributed by atoms with E-state index in [0.29, 0.717) is 0 Å². The van der Waals surface area contributed by atoms with Gasteiger partial charge in [0.15, 0.2) is 0 Å². The van der Waals surface area contributed by atoms with Crippen LogP contribution in [0.3, 0.4) is 0 Å². The van der Waals surface area contributed by atoms with Crippen molar-refractivity contribution in [2.45, 2.75) is 11.8 Å². The van der Waals surface area contributed by atoms with Crippen LogP contribution in [0, 0.1) is 27.2 Å². The standard InChI is InChI=1S/C13H9ClN2O7S/c1-8-12(14)6-11(7-13(8)16(19)20)24(21,22)23-10-4-2-3-9(5-10)15(17)18/h2-7H,1H3. The fraction of sp³-hybridized carbons (Fsp3) is 0.0769. The van der Waals surface area contributed by atoms with Gasteiger partial charge in [0.25, 0.3) is 11.4 Å². The van der Waals surface area contributed by atoms with Gasteiger partial charge in [0.05, 0.1) is 20.9 Å². The molecule has 0 aliphatic heterocycles. The second-order valence-electron chi connectivity index (χ2n) is 4.60. The third kappa shape index (κ3) is 3.60. The lowest BCUT2D eigenvalue weighted by Gasteiger charge is -2.08. The Kier molecular flexibility index (Phi) is 4.71. The predicted octanol–water partition coefficient (Wildman–Crippen LogP) is 3.23. The van der Waals surface area contributed by atoms with Crippen molar-refractivity contribution in [2.75, 3.05) is 0 Å². The fourth-order valence-electron chi connectivity index (χ4n) is 1.80. The largest absolute Gasteiger partial charge is 0.379 e. The van der Waals surface area contributed by atoms with E-state index < -0.39 is 30.5 Å². The summed E-state index contributed by atoms with van der Waals surface area (Å²) in [6, 6.07) is 6.35. The molecule has 0 aliphatic rings. The molecule has 0 unspecified atom stereocenters. The average molecular weight is 373 g/mol. The van der Waals surface area contributed by atoms with Crippen molar-refractivity contribution in [2.24, 2.45) is 0 Å². The SMILES string of the molecule is Cc1c(Cl)cc(S(=O)(=O)Oc2cccc([N+](=O)[O-])c2)cc1[N+](=O)[O-]. The molecule has 0 amide bonds. The maximum atomic E-state index is 12.2. The monoisotopic (exact) mass is 372 g/mol. The number of nitro groups is 2. The quantitative estimate of drug-likeness (QED) is 0.447. The van der Waals surface area contributed by atoms with Gasteiger partial charge in [-0.05, 0) is 19.1 Å². The van der Waals surface area contributed by atoms with E-state index in [9.17, 15) is 28.6 Å². The molecule has 0 spiro atoms. The van der Waals surface area contributed by atoms with E-state index >= 15 is 0 Å². The number of halogens is 1. The van der Waals surface area contributed by atoms with Crippen LogP contribution in [-0.4, -0.2) is 18.3 Å². The molecule has 0 atom stereocenters. The molecular weight excluding hydrogens is 364 g/mol. The number of nitro benzene ring substituents is 2. The smallest absolute Gasteiger partial charge is 0.339 e. The number of hydrogen-bond donors (Lipinski definition) is 0. The Morgan fingerprint density at radius 3 is 2.33 bits per heavy atom. The highest BCUT2D eigenvalue weighted by molar-refractivity contribution is 7.87. The van der Waals surface area contributed by atoms with Gasteiger partial charge in [0.2, 0.25) is 0 Å². The Hall–Kier alpha value is -2.72. The van der Waals surface area contributed by atoms with Gasteiger partial charge in [0.1, 0.15) is 10.6 Å². The summed E-state index contributed by atoms with van der Waals surface area (Å²) in [5.74, 6) is -0.302. The summed E-state index contributed by atoms with van der Waals surface area (Å²) in [5.41, 5.74) is -0.740. The van der Waals surface area contributed by atoms with Crippen molar-refractivity contribution in [1.82, 2.24) is 0 Å². The van der Waals surface area contributed by atoms with Crippen LogP contribution in [0.2, 0.25) is 5.02 Å². The summed E-state index contributed by atoms with van der Waals surface area (Å²) in [7, 11) is -4.46. The van der Waals surface area contributed by atoms with Crippen LogP contribution in [0.1, 0.15) is 5.56 Å². The average Bonchev–Trinajstić information content (AvgIpc) is 2.49. The molecule has 0 bridgehead atoms. The molecule has 2 aromatic rings. The van der Waals surface area contributed by atoms with Gasteiger partial charge < -0.3 is 4.18 Å². The molecule has 2 aromatic carbocycles. The third-order valence-electron chi connectivity index (χ3n) is 3.01. The van der Waals surface area contributed by atoms with Gasteiger partial charge in [-0.15, -0.1) is 0 Å². The summed E-state index contributed by atoms with van der Waals surface area (Å²) in [6.45, 7) is 1.37. The van der Waals surface area contributed by atoms with Gasteiger partial charge in [-0.2, -0.15) is 8.42 Å². The molecule has 0 aromatic heterocycles. The van der Waals surface area contributed by atoms with Crippen molar-refractivity contribution < 1.29 is 22.4 Å². The zero-order valence-electron chi connectivity index (χ0n) is 12.0. The summed E-state index contributed by atoms with van der Waals surface area (Å²) >= 11 is 5.83. The minimum absolute atomic E-state index is 0.107. The first-order valence-corrected chi connectivity index (χ1v) is 8.04. The summed E-state index contributed by atoms with van der Waals surface area (Å²) in [5, 5.41) is 21.5. The van der Waals surface area contributed by atoms with Gasteiger partial charge in [-0.1, -0.05) is 17.7 Å². The second kappa shape index (κ2) is 6.42. The predicted molar refractivity (Wildman–Crippen MR) is 83.8 cm³/mol. The molecule has 0 aliphatic carbocycles. The molecule has 24 heavy (non-hydrogen) atoms. The summed E-state index contributed by atoms with van der Waals surface area (Å²) in [6.07, 6.45) is 0. The lowest BCUT2D eigenvalue weighted by atomic mass is 10.2. The number of nitrogens with zero attached hydrogens (tertiary/aromatic N) is 2. The van der Waals surface area contributed by atoms with E-state index in [0.717, 1.165) is 24.3 Å². The topological polar surface area (TPSA) is 130 Å². The Morgan fingerprint density at radius 2 is 1.75 bits per heavy atom. The molecule has 0 fully saturated rings. The van der Waals surface area contributed by atoms with E-state index in [4.69, 9.17) is 15.8 Å². The minimum Gasteiger partial charge on any atom is -0.379 e. The van der Waals surface area contributed by atoms with E-state index in [1.807, 2.05) is 0 Å².